The zero-order valence-electron chi connectivity index (χ0n) is 21.9. The first-order valence-electron chi connectivity index (χ1n) is 12.5. The maximum Gasteiger partial charge on any atom is 0.490 e. The van der Waals surface area contributed by atoms with E-state index in [4.69, 9.17) is 35.7 Å². The number of ether oxygens (including phenoxy) is 3. The number of alkyl halides is 3. The summed E-state index contributed by atoms with van der Waals surface area (Å²) < 4.78 is 48.3. The van der Waals surface area contributed by atoms with Gasteiger partial charge in [-0.3, -0.25) is 9.80 Å². The number of carbonyl (C=O) groups excluding carboxylic acids is 1. The zero-order chi connectivity index (χ0) is 29.9. The summed E-state index contributed by atoms with van der Waals surface area (Å²) >= 11 is 6.34. The number of morpholine rings is 1. The SMILES string of the molecule is COc1cc(C(O)CN2CCN3C[C@@H](c4ccc5c(c4)COC5=O)OC[C@@H]3C2)c(Cl)cc1C#N.O=C(O)C(F)(F)F. The van der Waals surface area contributed by atoms with Gasteiger partial charge in [0.2, 0.25) is 0 Å². The van der Waals surface area contributed by atoms with Gasteiger partial charge in [-0.05, 0) is 29.8 Å². The lowest BCUT2D eigenvalue weighted by Gasteiger charge is -2.46. The second-order valence-electron chi connectivity index (χ2n) is 9.73. The van der Waals surface area contributed by atoms with E-state index in [9.17, 15) is 28.3 Å². The smallest absolute Gasteiger partial charge is 0.490 e. The topological polar surface area (TPSA) is 133 Å². The molecular formula is C27H27ClF3N3O7. The summed E-state index contributed by atoms with van der Waals surface area (Å²) in [6.45, 7) is 4.60. The maximum absolute atomic E-state index is 11.7. The molecule has 0 spiro atoms. The van der Waals surface area contributed by atoms with Crippen molar-refractivity contribution >= 4 is 23.5 Å². The highest BCUT2D eigenvalue weighted by atomic mass is 35.5. The molecule has 0 bridgehead atoms. The van der Waals surface area contributed by atoms with Crippen molar-refractivity contribution in [2.24, 2.45) is 0 Å². The van der Waals surface area contributed by atoms with Gasteiger partial charge in [0, 0.05) is 54.9 Å². The number of β-amino-alcohol motifs (C(OH)–C–C–N with tert-alkyl or cyclic N) is 1. The van der Waals surface area contributed by atoms with E-state index in [0.29, 0.717) is 47.2 Å². The van der Waals surface area contributed by atoms with Gasteiger partial charge in [-0.15, -0.1) is 0 Å². The lowest BCUT2D eigenvalue weighted by atomic mass is 9.99. The number of benzene rings is 2. The van der Waals surface area contributed by atoms with Gasteiger partial charge in [0.15, 0.2) is 0 Å². The van der Waals surface area contributed by atoms with Crippen molar-refractivity contribution in [3.05, 3.63) is 63.2 Å². The highest BCUT2D eigenvalue weighted by Crippen LogP contribution is 2.33. The van der Waals surface area contributed by atoms with Gasteiger partial charge < -0.3 is 24.4 Å². The number of nitrogens with zero attached hydrogens (tertiary/aromatic N) is 3. The van der Waals surface area contributed by atoms with Gasteiger partial charge in [-0.2, -0.15) is 18.4 Å². The van der Waals surface area contributed by atoms with E-state index in [1.54, 1.807) is 6.07 Å². The number of carboxylic acid groups (broad SMARTS) is 1. The van der Waals surface area contributed by atoms with Crippen LogP contribution in [0.2, 0.25) is 5.02 Å². The van der Waals surface area contributed by atoms with Crippen LogP contribution in [0.5, 0.6) is 5.75 Å². The predicted octanol–water partition coefficient (Wildman–Crippen LogP) is 3.32. The van der Waals surface area contributed by atoms with E-state index in [-0.39, 0.29) is 18.1 Å². The predicted molar refractivity (Wildman–Crippen MR) is 137 cm³/mol. The Hall–Kier alpha value is -3.41. The Morgan fingerprint density at radius 1 is 1.27 bits per heavy atom. The van der Waals surface area contributed by atoms with E-state index < -0.39 is 18.2 Å². The quantitative estimate of drug-likeness (QED) is 0.495. The van der Waals surface area contributed by atoms with Crippen molar-refractivity contribution in [3.63, 3.8) is 0 Å². The van der Waals surface area contributed by atoms with Crippen molar-refractivity contribution in [2.75, 3.05) is 46.4 Å². The van der Waals surface area contributed by atoms with Crippen LogP contribution in [-0.2, 0) is 20.9 Å². The van der Waals surface area contributed by atoms with Crippen molar-refractivity contribution in [3.8, 4) is 11.8 Å². The summed E-state index contributed by atoms with van der Waals surface area (Å²) in [4.78, 5) is 25.3. The molecule has 0 saturated carbocycles. The van der Waals surface area contributed by atoms with Crippen LogP contribution >= 0.6 is 11.6 Å². The molecule has 2 N–H and O–H groups in total. The molecule has 10 nitrogen and oxygen atoms in total. The average molecular weight is 598 g/mol. The fraction of sp³-hybridized carbons (Fsp3) is 0.444. The summed E-state index contributed by atoms with van der Waals surface area (Å²) in [5, 5.41) is 27.6. The van der Waals surface area contributed by atoms with Crippen LogP contribution in [0, 0.1) is 11.3 Å². The summed E-state index contributed by atoms with van der Waals surface area (Å²) in [6, 6.07) is 11.3. The van der Waals surface area contributed by atoms with Crippen molar-refractivity contribution in [1.82, 2.24) is 9.80 Å². The Morgan fingerprint density at radius 2 is 2.00 bits per heavy atom. The molecule has 3 atom stereocenters. The minimum absolute atomic E-state index is 0.0423. The number of nitriles is 1. The first-order chi connectivity index (χ1) is 19.4. The monoisotopic (exact) mass is 597 g/mol. The fourth-order valence-electron chi connectivity index (χ4n) is 4.99. The van der Waals surface area contributed by atoms with Crippen LogP contribution in [0.15, 0.2) is 30.3 Å². The molecule has 3 heterocycles. The number of methoxy groups -OCH3 is 1. The average Bonchev–Trinajstić information content (AvgIpc) is 3.32. The molecule has 1 unspecified atom stereocenters. The second kappa shape index (κ2) is 12.6. The van der Waals surface area contributed by atoms with E-state index in [2.05, 4.69) is 15.9 Å². The first-order valence-corrected chi connectivity index (χ1v) is 12.9. The molecule has 2 fully saturated rings. The summed E-state index contributed by atoms with van der Waals surface area (Å²) in [5.41, 5.74) is 3.53. The van der Waals surface area contributed by atoms with Crippen LogP contribution in [0.4, 0.5) is 13.2 Å². The lowest BCUT2D eigenvalue weighted by molar-refractivity contribution is -0.192. The number of carbonyl (C=O) groups is 2. The number of fused-ring (bicyclic) bond motifs is 2. The normalized spacial score (nSPS) is 21.4. The maximum atomic E-state index is 11.7. The number of rotatable bonds is 5. The van der Waals surface area contributed by atoms with Crippen molar-refractivity contribution in [2.45, 2.75) is 31.0 Å². The molecule has 220 valence electrons. The molecule has 0 radical (unpaired) electrons. The number of aliphatic carboxylic acids is 1. The van der Waals surface area contributed by atoms with Gasteiger partial charge in [-0.25, -0.2) is 9.59 Å². The fourth-order valence-corrected chi connectivity index (χ4v) is 5.28. The number of cyclic esters (lactones) is 1. The highest BCUT2D eigenvalue weighted by Gasteiger charge is 2.38. The minimum Gasteiger partial charge on any atom is -0.495 e. The molecule has 0 amide bonds. The van der Waals surface area contributed by atoms with Crippen LogP contribution < -0.4 is 4.74 Å². The van der Waals surface area contributed by atoms with Crippen molar-refractivity contribution in [1.29, 1.82) is 5.26 Å². The third kappa shape index (κ3) is 7.09. The Bertz CT molecular complexity index is 1350. The summed E-state index contributed by atoms with van der Waals surface area (Å²) in [6.07, 6.45) is -5.92. The molecule has 41 heavy (non-hydrogen) atoms. The lowest BCUT2D eigenvalue weighted by Crippen LogP contribution is -2.58. The van der Waals surface area contributed by atoms with E-state index in [0.717, 1.165) is 37.3 Å². The van der Waals surface area contributed by atoms with Crippen LogP contribution in [0.25, 0.3) is 0 Å². The zero-order valence-corrected chi connectivity index (χ0v) is 22.6. The third-order valence-electron chi connectivity index (χ3n) is 7.13. The summed E-state index contributed by atoms with van der Waals surface area (Å²) in [5.74, 6) is -2.61. The van der Waals surface area contributed by atoms with Gasteiger partial charge in [0.1, 0.15) is 18.4 Å². The molecule has 2 aromatic rings. The third-order valence-corrected chi connectivity index (χ3v) is 7.46. The number of carboxylic acids is 1. The standard InChI is InChI=1S/C25H26ClN3O5.C2HF3O2/c1-32-23-8-20(21(26)7-16(23)9-27)22(30)11-28-4-5-29-12-24(33-14-18(29)10-28)15-2-3-19-17(6-15)13-34-25(19)31;3-2(4,5)1(6)7/h2-3,6-8,18,22,24,30H,4-5,10-14H2,1H3;(H,6,7)/t18-,22?,24-;/m0./s1. The molecule has 2 aromatic carbocycles. The largest absolute Gasteiger partial charge is 0.495 e. The van der Waals surface area contributed by atoms with Crippen LogP contribution in [-0.4, -0.2) is 90.6 Å². The van der Waals surface area contributed by atoms with Crippen LogP contribution in [0.1, 0.15) is 44.8 Å². The Kier molecular flexibility index (Phi) is 9.41. The van der Waals surface area contributed by atoms with Crippen LogP contribution in [0.3, 0.4) is 0 Å². The minimum atomic E-state index is -5.08. The van der Waals surface area contributed by atoms with Gasteiger partial charge >= 0.3 is 18.1 Å². The Balaban J connectivity index is 0.000000493. The number of aliphatic hydroxyl groups is 1. The number of hydrogen-bond donors (Lipinski definition) is 2. The number of esters is 1. The second-order valence-corrected chi connectivity index (χ2v) is 10.1. The Labute approximate surface area is 238 Å². The number of halogens is 4. The first kappa shape index (κ1) is 30.5. The molecule has 5 rings (SSSR count). The molecule has 0 aromatic heterocycles. The number of aliphatic hydroxyl groups excluding tert-OH is 1. The van der Waals surface area contributed by atoms with E-state index in [1.165, 1.54) is 13.2 Å². The van der Waals surface area contributed by atoms with E-state index >= 15 is 0 Å². The number of hydrogen-bond acceptors (Lipinski definition) is 9. The molecule has 3 aliphatic heterocycles. The molecule has 2 saturated heterocycles. The molecule has 14 heteroatoms. The van der Waals surface area contributed by atoms with Gasteiger partial charge in [0.05, 0.1) is 37.1 Å². The number of piperazine rings is 1. The molecule has 3 aliphatic rings. The van der Waals surface area contributed by atoms with Gasteiger partial charge in [0.25, 0.3) is 0 Å². The van der Waals surface area contributed by atoms with Gasteiger partial charge in [-0.1, -0.05) is 17.7 Å². The highest BCUT2D eigenvalue weighted by molar-refractivity contribution is 6.31. The Morgan fingerprint density at radius 3 is 2.66 bits per heavy atom. The van der Waals surface area contributed by atoms with E-state index in [1.807, 2.05) is 18.2 Å². The van der Waals surface area contributed by atoms with Crippen molar-refractivity contribution < 1.29 is 47.2 Å². The summed E-state index contributed by atoms with van der Waals surface area (Å²) in [7, 11) is 1.49. The molecular weight excluding hydrogens is 571 g/mol. The molecule has 0 aliphatic carbocycles.